The van der Waals surface area contributed by atoms with Crippen LogP contribution >= 0.6 is 11.3 Å². The second-order valence-electron chi connectivity index (χ2n) is 6.35. The number of fused-ring (bicyclic) bond motifs is 2. The smallest absolute Gasteiger partial charge is 0.275 e. The van der Waals surface area contributed by atoms with E-state index in [-0.39, 0.29) is 5.56 Å². The van der Waals surface area contributed by atoms with Gasteiger partial charge in [0.25, 0.3) is 5.56 Å². The van der Waals surface area contributed by atoms with Crippen molar-refractivity contribution in [3.63, 3.8) is 0 Å². The Morgan fingerprint density at radius 1 is 1.24 bits per heavy atom. The summed E-state index contributed by atoms with van der Waals surface area (Å²) in [5.74, 6) is 1.72. The number of piperidine rings is 1. The van der Waals surface area contributed by atoms with Crippen molar-refractivity contribution in [3.05, 3.63) is 22.1 Å². The Morgan fingerprint density at radius 2 is 2.05 bits per heavy atom. The lowest BCUT2D eigenvalue weighted by atomic mass is 9.75. The molecule has 1 saturated heterocycles. The lowest BCUT2D eigenvalue weighted by Gasteiger charge is -2.41. The van der Waals surface area contributed by atoms with Gasteiger partial charge in [0.05, 0.1) is 0 Å². The third-order valence-electron chi connectivity index (χ3n) is 4.92. The summed E-state index contributed by atoms with van der Waals surface area (Å²) in [6.45, 7) is 4.02. The van der Waals surface area contributed by atoms with Gasteiger partial charge in [0.1, 0.15) is 0 Å². The molecule has 2 aliphatic rings. The van der Waals surface area contributed by atoms with E-state index in [4.69, 9.17) is 0 Å². The van der Waals surface area contributed by atoms with Crippen LogP contribution in [0.1, 0.15) is 37.8 Å². The first-order valence-corrected chi connectivity index (χ1v) is 8.65. The first-order chi connectivity index (χ1) is 10.2. The summed E-state index contributed by atoms with van der Waals surface area (Å²) in [4.78, 5) is 19.5. The minimum Gasteiger partial charge on any atom is -0.346 e. The zero-order valence-electron chi connectivity index (χ0n) is 12.3. The Balaban J connectivity index is 1.64. The summed E-state index contributed by atoms with van der Waals surface area (Å²) in [6, 6.07) is 1.55. The molecule has 2 fully saturated rings. The van der Waals surface area contributed by atoms with Crippen molar-refractivity contribution in [3.8, 4) is 0 Å². The Bertz CT molecular complexity index is 722. The average Bonchev–Trinajstić information content (AvgIpc) is 2.91. The molecule has 0 bridgehead atoms. The summed E-state index contributed by atoms with van der Waals surface area (Å²) in [5, 5.41) is 5.45. The standard InChI is InChI=1S/C15H20N4OS/c1-10-8-13(20)19-14(16-10)21-15(17-19)18-7-6-11-4-2-3-5-12(11)9-18/h8,11-12H,2-7,9H2,1H3/t11-,12+/m1/s1. The topological polar surface area (TPSA) is 50.5 Å². The van der Waals surface area contributed by atoms with E-state index in [2.05, 4.69) is 15.0 Å². The number of hydrogen-bond donors (Lipinski definition) is 0. The van der Waals surface area contributed by atoms with Gasteiger partial charge in [0.15, 0.2) is 0 Å². The summed E-state index contributed by atoms with van der Waals surface area (Å²) in [5.41, 5.74) is 0.689. The van der Waals surface area contributed by atoms with E-state index in [0.29, 0.717) is 4.96 Å². The first kappa shape index (κ1) is 13.2. The molecule has 1 saturated carbocycles. The molecule has 2 aromatic heterocycles. The van der Waals surface area contributed by atoms with Gasteiger partial charge in [0, 0.05) is 24.8 Å². The molecule has 0 unspecified atom stereocenters. The van der Waals surface area contributed by atoms with Crippen LogP contribution in [0.25, 0.3) is 4.96 Å². The number of aromatic nitrogens is 3. The molecule has 0 N–H and O–H groups in total. The summed E-state index contributed by atoms with van der Waals surface area (Å²) in [6.07, 6.45) is 6.79. The Hall–Kier alpha value is -1.43. The zero-order chi connectivity index (χ0) is 14.4. The number of aryl methyl sites for hydroxylation is 1. The highest BCUT2D eigenvalue weighted by Gasteiger charge is 2.32. The van der Waals surface area contributed by atoms with Crippen LogP contribution < -0.4 is 10.5 Å². The second kappa shape index (κ2) is 5.09. The van der Waals surface area contributed by atoms with Crippen molar-refractivity contribution in [2.75, 3.05) is 18.0 Å². The molecule has 6 heteroatoms. The molecule has 3 heterocycles. The van der Waals surface area contributed by atoms with E-state index >= 15 is 0 Å². The van der Waals surface area contributed by atoms with Crippen LogP contribution in [-0.2, 0) is 0 Å². The van der Waals surface area contributed by atoms with Crippen molar-refractivity contribution in [2.24, 2.45) is 11.8 Å². The predicted molar refractivity (Wildman–Crippen MR) is 84.1 cm³/mol. The Morgan fingerprint density at radius 3 is 2.90 bits per heavy atom. The molecule has 5 nitrogen and oxygen atoms in total. The van der Waals surface area contributed by atoms with Crippen molar-refractivity contribution in [1.29, 1.82) is 0 Å². The number of hydrogen-bond acceptors (Lipinski definition) is 5. The third kappa shape index (κ3) is 2.35. The third-order valence-corrected chi connectivity index (χ3v) is 5.89. The molecule has 4 rings (SSSR count). The molecule has 2 aromatic rings. The molecule has 0 aromatic carbocycles. The number of nitrogens with zero attached hydrogens (tertiary/aromatic N) is 4. The Labute approximate surface area is 127 Å². The lowest BCUT2D eigenvalue weighted by molar-refractivity contribution is 0.202. The second-order valence-corrected chi connectivity index (χ2v) is 7.29. The van der Waals surface area contributed by atoms with Gasteiger partial charge in [-0.05, 0) is 31.6 Å². The summed E-state index contributed by atoms with van der Waals surface area (Å²) < 4.78 is 1.44. The van der Waals surface area contributed by atoms with Gasteiger partial charge in [0.2, 0.25) is 10.1 Å². The number of rotatable bonds is 1. The fraction of sp³-hybridized carbons (Fsp3) is 0.667. The van der Waals surface area contributed by atoms with Crippen molar-refractivity contribution in [2.45, 2.75) is 39.0 Å². The van der Waals surface area contributed by atoms with E-state index in [0.717, 1.165) is 35.8 Å². The van der Waals surface area contributed by atoms with Gasteiger partial charge in [-0.2, -0.15) is 4.52 Å². The molecule has 21 heavy (non-hydrogen) atoms. The quantitative estimate of drug-likeness (QED) is 0.812. The normalized spacial score (nSPS) is 26.0. The molecule has 0 radical (unpaired) electrons. The molecular formula is C15H20N4OS. The van der Waals surface area contributed by atoms with Crippen LogP contribution in [0.5, 0.6) is 0 Å². The van der Waals surface area contributed by atoms with Gasteiger partial charge in [-0.15, -0.1) is 5.10 Å². The van der Waals surface area contributed by atoms with E-state index in [1.165, 1.54) is 48.0 Å². The van der Waals surface area contributed by atoms with Gasteiger partial charge >= 0.3 is 0 Å². The van der Waals surface area contributed by atoms with Gasteiger partial charge < -0.3 is 4.90 Å². The maximum Gasteiger partial charge on any atom is 0.275 e. The van der Waals surface area contributed by atoms with E-state index in [1.54, 1.807) is 6.07 Å². The minimum absolute atomic E-state index is 0.0763. The maximum atomic E-state index is 12.0. The Kier molecular flexibility index (Phi) is 3.21. The fourth-order valence-electron chi connectivity index (χ4n) is 3.81. The van der Waals surface area contributed by atoms with Crippen LogP contribution in [0, 0.1) is 18.8 Å². The minimum atomic E-state index is -0.0763. The molecule has 0 spiro atoms. The molecular weight excluding hydrogens is 284 g/mol. The van der Waals surface area contributed by atoms with Crippen molar-refractivity contribution < 1.29 is 0 Å². The molecule has 1 aliphatic carbocycles. The van der Waals surface area contributed by atoms with Crippen molar-refractivity contribution in [1.82, 2.24) is 14.6 Å². The molecule has 112 valence electrons. The van der Waals surface area contributed by atoms with E-state index in [1.807, 2.05) is 6.92 Å². The van der Waals surface area contributed by atoms with Gasteiger partial charge in [-0.3, -0.25) is 4.79 Å². The average molecular weight is 304 g/mol. The molecule has 1 aliphatic heterocycles. The SMILES string of the molecule is Cc1cc(=O)n2nc(N3CC[C@H]4CCCC[C@H]4C3)sc2n1. The van der Waals surface area contributed by atoms with Gasteiger partial charge in [-0.25, -0.2) is 4.98 Å². The maximum absolute atomic E-state index is 12.0. The van der Waals surface area contributed by atoms with Gasteiger partial charge in [-0.1, -0.05) is 30.6 Å². The van der Waals surface area contributed by atoms with Crippen LogP contribution in [0.4, 0.5) is 5.13 Å². The number of anilines is 1. The largest absolute Gasteiger partial charge is 0.346 e. The highest BCUT2D eigenvalue weighted by molar-refractivity contribution is 7.20. The van der Waals surface area contributed by atoms with E-state index in [9.17, 15) is 4.79 Å². The highest BCUT2D eigenvalue weighted by atomic mass is 32.1. The summed E-state index contributed by atoms with van der Waals surface area (Å²) >= 11 is 1.54. The lowest BCUT2D eigenvalue weighted by Crippen LogP contribution is -2.41. The van der Waals surface area contributed by atoms with Crippen molar-refractivity contribution >= 4 is 21.4 Å². The van der Waals surface area contributed by atoms with E-state index < -0.39 is 0 Å². The molecule has 2 atom stereocenters. The first-order valence-electron chi connectivity index (χ1n) is 7.83. The predicted octanol–water partition coefficient (Wildman–Crippen LogP) is 2.48. The monoisotopic (exact) mass is 304 g/mol. The zero-order valence-corrected chi connectivity index (χ0v) is 13.1. The van der Waals surface area contributed by atoms with Crippen LogP contribution in [0.3, 0.4) is 0 Å². The molecule has 0 amide bonds. The highest BCUT2D eigenvalue weighted by Crippen LogP contribution is 2.38. The van der Waals surface area contributed by atoms with Crippen LogP contribution in [0.2, 0.25) is 0 Å². The summed E-state index contributed by atoms with van der Waals surface area (Å²) in [7, 11) is 0. The van der Waals surface area contributed by atoms with Crippen LogP contribution in [-0.4, -0.2) is 27.7 Å². The van der Waals surface area contributed by atoms with Crippen LogP contribution in [0.15, 0.2) is 10.9 Å². The fourth-order valence-corrected chi connectivity index (χ4v) is 4.80.